The van der Waals surface area contributed by atoms with Crippen LogP contribution in [0.4, 0.5) is 11.8 Å². The maximum absolute atomic E-state index is 9.44. The molecule has 136 valence electrons. The van der Waals surface area contributed by atoms with Crippen molar-refractivity contribution in [2.75, 3.05) is 24.7 Å². The number of anilines is 2. The number of rotatable bonds is 8. The Morgan fingerprint density at radius 3 is 2.62 bits per heavy atom. The van der Waals surface area contributed by atoms with Gasteiger partial charge in [-0.05, 0) is 31.9 Å². The molecule has 1 aromatic heterocycles. The fourth-order valence-corrected chi connectivity index (χ4v) is 2.55. The lowest BCUT2D eigenvalue weighted by atomic mass is 10.0. The molecule has 0 bridgehead atoms. The summed E-state index contributed by atoms with van der Waals surface area (Å²) in [5.74, 6) is 1.30. The number of nitrogens with zero attached hydrogens (tertiary/aromatic N) is 3. The fraction of sp³-hybridized carbons (Fsp3) is 0.316. The third-order valence-electron chi connectivity index (χ3n) is 3.59. The van der Waals surface area contributed by atoms with Gasteiger partial charge in [-0.15, -0.1) is 6.58 Å². The van der Waals surface area contributed by atoms with Gasteiger partial charge in [0.05, 0.1) is 18.9 Å². The second kappa shape index (κ2) is 8.72. The van der Waals surface area contributed by atoms with E-state index in [1.54, 1.807) is 12.1 Å². The summed E-state index contributed by atoms with van der Waals surface area (Å²) in [5.41, 5.74) is 13.6. The highest BCUT2D eigenvalue weighted by molar-refractivity contribution is 5.75. The van der Waals surface area contributed by atoms with E-state index >= 15 is 0 Å². The molecule has 0 aliphatic carbocycles. The first-order chi connectivity index (χ1) is 12.5. The molecular formula is C19H23N5O2. The molecule has 0 amide bonds. The van der Waals surface area contributed by atoms with E-state index in [1.165, 1.54) is 0 Å². The van der Waals surface area contributed by atoms with Gasteiger partial charge in [-0.25, -0.2) is 4.98 Å². The quantitative estimate of drug-likeness (QED) is 0.699. The van der Waals surface area contributed by atoms with Crippen LogP contribution in [-0.4, -0.2) is 23.2 Å². The fourth-order valence-electron chi connectivity index (χ4n) is 2.55. The first-order valence-corrected chi connectivity index (χ1v) is 8.42. The van der Waals surface area contributed by atoms with Crippen LogP contribution in [0, 0.1) is 11.3 Å². The van der Waals surface area contributed by atoms with Crippen LogP contribution in [0.2, 0.25) is 0 Å². The number of ether oxygens (including phenoxy) is 2. The summed E-state index contributed by atoms with van der Waals surface area (Å²) in [6.45, 7) is 8.77. The summed E-state index contributed by atoms with van der Waals surface area (Å²) in [6, 6.07) is 5.71. The first-order valence-electron chi connectivity index (χ1n) is 8.42. The molecule has 0 spiro atoms. The van der Waals surface area contributed by atoms with Crippen LogP contribution in [0.25, 0.3) is 11.3 Å². The molecule has 0 aliphatic heterocycles. The van der Waals surface area contributed by atoms with Crippen LogP contribution in [0.5, 0.6) is 11.5 Å². The van der Waals surface area contributed by atoms with Gasteiger partial charge < -0.3 is 20.9 Å². The predicted octanol–water partition coefficient (Wildman–Crippen LogP) is 3.10. The van der Waals surface area contributed by atoms with Crippen molar-refractivity contribution >= 4 is 11.8 Å². The Morgan fingerprint density at radius 2 is 2.00 bits per heavy atom. The molecule has 0 saturated carbocycles. The summed E-state index contributed by atoms with van der Waals surface area (Å²) in [4.78, 5) is 8.07. The van der Waals surface area contributed by atoms with Crippen LogP contribution in [0.3, 0.4) is 0 Å². The molecule has 0 atom stereocenters. The largest absolute Gasteiger partial charge is 0.490 e. The summed E-state index contributed by atoms with van der Waals surface area (Å²) in [7, 11) is 0. The highest BCUT2D eigenvalue weighted by atomic mass is 16.5. The molecule has 1 heterocycles. The number of benzene rings is 1. The number of nitrogen functional groups attached to an aromatic ring is 2. The molecule has 1 aromatic carbocycles. The second-order valence-corrected chi connectivity index (χ2v) is 5.54. The van der Waals surface area contributed by atoms with Crippen molar-refractivity contribution in [3.8, 4) is 28.8 Å². The zero-order chi connectivity index (χ0) is 19.1. The molecule has 26 heavy (non-hydrogen) atoms. The van der Waals surface area contributed by atoms with Gasteiger partial charge in [-0.3, -0.25) is 0 Å². The molecule has 0 unspecified atom stereocenters. The summed E-state index contributed by atoms with van der Waals surface area (Å²) >= 11 is 0. The molecule has 4 N–H and O–H groups in total. The van der Waals surface area contributed by atoms with Gasteiger partial charge in [0, 0.05) is 11.1 Å². The number of aromatic nitrogens is 2. The van der Waals surface area contributed by atoms with Crippen LogP contribution >= 0.6 is 0 Å². The molecule has 0 saturated heterocycles. The average molecular weight is 353 g/mol. The van der Waals surface area contributed by atoms with Gasteiger partial charge in [0.1, 0.15) is 17.5 Å². The second-order valence-electron chi connectivity index (χ2n) is 5.54. The number of hydrogen-bond acceptors (Lipinski definition) is 7. The van der Waals surface area contributed by atoms with Gasteiger partial charge in [-0.1, -0.05) is 13.0 Å². The Morgan fingerprint density at radius 1 is 1.23 bits per heavy atom. The first kappa shape index (κ1) is 19.1. The smallest absolute Gasteiger partial charge is 0.222 e. The van der Waals surface area contributed by atoms with Crippen LogP contribution in [0.15, 0.2) is 24.8 Å². The van der Waals surface area contributed by atoms with Crippen LogP contribution in [-0.2, 0) is 6.42 Å². The Bertz CT molecular complexity index is 843. The Kier molecular flexibility index (Phi) is 6.39. The van der Waals surface area contributed by atoms with Gasteiger partial charge in [0.25, 0.3) is 0 Å². The van der Waals surface area contributed by atoms with Crippen molar-refractivity contribution in [3.63, 3.8) is 0 Å². The topological polar surface area (TPSA) is 120 Å². The third kappa shape index (κ3) is 4.03. The minimum absolute atomic E-state index is 0.00559. The lowest BCUT2D eigenvalue weighted by Crippen LogP contribution is -2.07. The highest BCUT2D eigenvalue weighted by Crippen LogP contribution is 2.38. The van der Waals surface area contributed by atoms with E-state index in [4.69, 9.17) is 20.9 Å². The minimum Gasteiger partial charge on any atom is -0.490 e. The van der Waals surface area contributed by atoms with Gasteiger partial charge >= 0.3 is 0 Å². The summed E-state index contributed by atoms with van der Waals surface area (Å²) in [6.07, 6.45) is 3.23. The normalized spacial score (nSPS) is 10.2. The molecule has 0 fully saturated rings. The zero-order valence-corrected chi connectivity index (χ0v) is 15.1. The van der Waals surface area contributed by atoms with Crippen LogP contribution < -0.4 is 20.9 Å². The average Bonchev–Trinajstić information content (AvgIpc) is 2.60. The molecule has 7 heteroatoms. The van der Waals surface area contributed by atoms with E-state index in [1.807, 2.05) is 26.0 Å². The summed E-state index contributed by atoms with van der Waals surface area (Å²) < 4.78 is 11.7. The van der Waals surface area contributed by atoms with E-state index < -0.39 is 0 Å². The lowest BCUT2D eigenvalue weighted by Gasteiger charge is -2.17. The SMILES string of the molecule is C=CCc1cc(-c2nc(N)nc(N)c2C#N)cc(OCC)c1OCCC. The lowest BCUT2D eigenvalue weighted by molar-refractivity contribution is 0.275. The monoisotopic (exact) mass is 353 g/mol. The Labute approximate surface area is 153 Å². The highest BCUT2D eigenvalue weighted by Gasteiger charge is 2.19. The van der Waals surface area contributed by atoms with Crippen LogP contribution in [0.1, 0.15) is 31.4 Å². The van der Waals surface area contributed by atoms with Crippen molar-refractivity contribution in [3.05, 3.63) is 35.9 Å². The number of nitrogens with two attached hydrogens (primary N) is 2. The van der Waals surface area contributed by atoms with Gasteiger partial charge in [0.15, 0.2) is 11.5 Å². The van der Waals surface area contributed by atoms with E-state index in [0.29, 0.717) is 42.4 Å². The predicted molar refractivity (Wildman–Crippen MR) is 102 cm³/mol. The van der Waals surface area contributed by atoms with Crippen molar-refractivity contribution in [2.45, 2.75) is 26.7 Å². The maximum Gasteiger partial charge on any atom is 0.222 e. The maximum atomic E-state index is 9.44. The van der Waals surface area contributed by atoms with E-state index in [9.17, 15) is 5.26 Å². The number of allylic oxidation sites excluding steroid dienone is 1. The Hall–Kier alpha value is -3.27. The van der Waals surface area contributed by atoms with Gasteiger partial charge in [0.2, 0.25) is 5.95 Å². The zero-order valence-electron chi connectivity index (χ0n) is 15.1. The third-order valence-corrected chi connectivity index (χ3v) is 3.59. The van der Waals surface area contributed by atoms with Crippen molar-refractivity contribution in [1.29, 1.82) is 5.26 Å². The van der Waals surface area contributed by atoms with E-state index in [2.05, 4.69) is 16.5 Å². The van der Waals surface area contributed by atoms with E-state index in [0.717, 1.165) is 12.0 Å². The minimum atomic E-state index is 0.00559. The van der Waals surface area contributed by atoms with Crippen molar-refractivity contribution in [2.24, 2.45) is 0 Å². The van der Waals surface area contributed by atoms with Crippen molar-refractivity contribution in [1.82, 2.24) is 9.97 Å². The molecule has 0 aliphatic rings. The standard InChI is InChI=1S/C19H23N5O2/c1-4-7-12-9-13(10-15(25-6-3)17(12)26-8-5-2)16-14(11-20)18(21)24-19(22)23-16/h4,9-10H,1,5-8H2,2-3H3,(H4,21,22,23,24). The number of nitriles is 1. The molecule has 7 nitrogen and oxygen atoms in total. The molecule has 2 aromatic rings. The van der Waals surface area contributed by atoms with Gasteiger partial charge in [-0.2, -0.15) is 10.2 Å². The number of hydrogen-bond donors (Lipinski definition) is 2. The molecular weight excluding hydrogens is 330 g/mol. The molecule has 2 rings (SSSR count). The van der Waals surface area contributed by atoms with Crippen molar-refractivity contribution < 1.29 is 9.47 Å². The summed E-state index contributed by atoms with van der Waals surface area (Å²) in [5, 5.41) is 9.44. The Balaban J connectivity index is 2.71. The molecule has 0 radical (unpaired) electrons. The van der Waals surface area contributed by atoms with E-state index in [-0.39, 0.29) is 17.3 Å².